The molecule has 80 heavy (non-hydrogen) atoms. The summed E-state index contributed by atoms with van der Waals surface area (Å²) in [5.74, 6) is -1.07. The average Bonchev–Trinajstić information content (AvgIpc) is 4.14. The van der Waals surface area contributed by atoms with E-state index in [1.165, 1.54) is 51.9 Å². The maximum Gasteiger partial charge on any atom is 0.506 e. The van der Waals surface area contributed by atoms with Gasteiger partial charge in [-0.15, -0.1) is 0 Å². The minimum Gasteiger partial charge on any atom is -0.465 e. The standard InChI is InChI=1S/C29H37N3O6.C15H18BNO6.C14H21IN2O2/c1-27(2,3)37-25(34)31-20-15-18(24(33)36-9)11-10-17(20)14-21(31)23-19-12-13-29(7,8)16-22(19)32(30-23)26(35)38-28(4,5)6;1-15(2,3)23-14(19)17-11-7-10(13(18)22-4)6-5-9(11)8-12(17)16(20)21;1-13(2,3)19-12(18)17-10-8-14(4,5)7-6-9(10)11(15)16-17/h10-11,14-15H,12-13,16H2,1-9H3;5-8,20-21H,1-4H3;6-8H2,1-5H3. The molecule has 2 aromatic carbocycles. The number of nitrogens with zero attached hydrogens (tertiary/aromatic N) is 6. The summed E-state index contributed by atoms with van der Waals surface area (Å²) in [7, 11) is 0.695. The van der Waals surface area contributed by atoms with E-state index < -0.39 is 59.7 Å². The Morgan fingerprint density at radius 2 is 0.938 bits per heavy atom. The van der Waals surface area contributed by atoms with Crippen LogP contribution in [0.1, 0.15) is 167 Å². The summed E-state index contributed by atoms with van der Waals surface area (Å²) < 4.78 is 37.9. The maximum atomic E-state index is 13.6. The molecular formula is C58H76BIN6O14. The van der Waals surface area contributed by atoms with E-state index in [4.69, 9.17) is 28.8 Å². The number of fused-ring (bicyclic) bond motifs is 4. The van der Waals surface area contributed by atoms with E-state index in [2.05, 4.69) is 60.1 Å². The third-order valence-electron chi connectivity index (χ3n) is 12.8. The van der Waals surface area contributed by atoms with Crippen molar-refractivity contribution >= 4 is 93.4 Å². The van der Waals surface area contributed by atoms with Gasteiger partial charge in [0.05, 0.1) is 59.1 Å². The molecule has 0 amide bonds. The van der Waals surface area contributed by atoms with Crippen LogP contribution >= 0.6 is 22.6 Å². The number of ether oxygens (including phenoxy) is 6. The van der Waals surface area contributed by atoms with Gasteiger partial charge in [-0.1, -0.05) is 39.8 Å². The van der Waals surface area contributed by atoms with Crippen molar-refractivity contribution in [1.82, 2.24) is 28.7 Å². The summed E-state index contributed by atoms with van der Waals surface area (Å²) in [5.41, 5.74) is 3.69. The van der Waals surface area contributed by atoms with E-state index in [1.807, 2.05) is 47.6 Å². The van der Waals surface area contributed by atoms with Gasteiger partial charge in [0.1, 0.15) is 31.8 Å². The zero-order valence-electron chi connectivity index (χ0n) is 49.3. The predicted molar refractivity (Wildman–Crippen MR) is 311 cm³/mol. The van der Waals surface area contributed by atoms with E-state index in [0.717, 1.165) is 56.3 Å². The molecule has 0 saturated carbocycles. The van der Waals surface area contributed by atoms with E-state index in [0.29, 0.717) is 46.2 Å². The third kappa shape index (κ3) is 15.1. The fourth-order valence-corrected chi connectivity index (χ4v) is 10.0. The number of esters is 2. The molecule has 2 aliphatic carbocycles. The Hall–Kier alpha value is -6.53. The van der Waals surface area contributed by atoms with E-state index >= 15 is 0 Å². The number of methoxy groups -OCH3 is 2. The Labute approximate surface area is 481 Å². The van der Waals surface area contributed by atoms with Crippen LogP contribution in [0.2, 0.25) is 0 Å². The quantitative estimate of drug-likeness (QED) is 0.0721. The van der Waals surface area contributed by atoms with Gasteiger partial charge >= 0.3 is 43.4 Å². The van der Waals surface area contributed by atoms with Gasteiger partial charge in [-0.05, 0) is 197 Å². The van der Waals surface area contributed by atoms with Crippen molar-refractivity contribution in [2.24, 2.45) is 10.8 Å². The van der Waals surface area contributed by atoms with Crippen LogP contribution in [0, 0.1) is 14.5 Å². The van der Waals surface area contributed by atoms with E-state index in [9.17, 15) is 38.8 Å². The Morgan fingerprint density at radius 3 is 1.38 bits per heavy atom. The van der Waals surface area contributed by atoms with Gasteiger partial charge in [0.25, 0.3) is 0 Å². The molecule has 0 fully saturated rings. The van der Waals surface area contributed by atoms with Crippen LogP contribution in [-0.2, 0) is 54.1 Å². The molecule has 6 aromatic rings. The molecule has 2 N–H and O–H groups in total. The number of aromatic nitrogens is 6. The topological polar surface area (TPSA) is 244 Å². The molecule has 8 rings (SSSR count). The molecule has 0 atom stereocenters. The Kier molecular flexibility index (Phi) is 18.1. The predicted octanol–water partition coefficient (Wildman–Crippen LogP) is 11.0. The van der Waals surface area contributed by atoms with Crippen molar-refractivity contribution in [2.45, 2.75) is 172 Å². The SMILES string of the molecule is CC1(C)CCc2c(I)nn(C(=O)OC(C)(C)C)c2C1.COC(=O)c1ccc2cc(-c3nn(C(=O)OC(C)(C)C)c4c3CCC(C)(C)C4)n(C(=O)OC(C)(C)C)c2c1.COC(=O)c1ccc2cc(B(O)O)n(C(=O)OC(C)(C)C)c2c1. The van der Waals surface area contributed by atoms with E-state index in [1.54, 1.807) is 65.8 Å². The van der Waals surface area contributed by atoms with Crippen molar-refractivity contribution in [3.8, 4) is 11.4 Å². The number of rotatable bonds is 4. The monoisotopic (exact) mass is 1220 g/mol. The van der Waals surface area contributed by atoms with Gasteiger partial charge in [0.2, 0.25) is 0 Å². The summed E-state index contributed by atoms with van der Waals surface area (Å²) in [6.45, 7) is 30.3. The van der Waals surface area contributed by atoms with Crippen LogP contribution in [0.3, 0.4) is 0 Å². The first-order valence-corrected chi connectivity index (χ1v) is 27.4. The molecule has 0 aliphatic heterocycles. The van der Waals surface area contributed by atoms with E-state index in [-0.39, 0.29) is 28.1 Å². The van der Waals surface area contributed by atoms with Crippen molar-refractivity contribution in [3.05, 3.63) is 85.9 Å². The summed E-state index contributed by atoms with van der Waals surface area (Å²) in [5, 5.41) is 29.4. The van der Waals surface area contributed by atoms with Crippen LogP contribution in [0.5, 0.6) is 0 Å². The van der Waals surface area contributed by atoms with Gasteiger partial charge in [-0.3, -0.25) is 4.57 Å². The number of hydrogen-bond donors (Lipinski definition) is 2. The lowest BCUT2D eigenvalue weighted by Crippen LogP contribution is -2.41. The summed E-state index contributed by atoms with van der Waals surface area (Å²) >= 11 is 2.21. The molecule has 0 spiro atoms. The maximum absolute atomic E-state index is 13.6. The highest BCUT2D eigenvalue weighted by atomic mass is 127. The molecular weight excluding hydrogens is 1140 g/mol. The zero-order valence-corrected chi connectivity index (χ0v) is 51.5. The second kappa shape index (κ2) is 23.1. The smallest absolute Gasteiger partial charge is 0.465 e. The minimum absolute atomic E-state index is 0.0304. The highest BCUT2D eigenvalue weighted by Gasteiger charge is 2.37. The first-order valence-electron chi connectivity index (χ1n) is 26.4. The highest BCUT2D eigenvalue weighted by Crippen LogP contribution is 2.41. The van der Waals surface area contributed by atoms with Gasteiger partial charge in [-0.25, -0.2) is 33.3 Å². The normalized spacial score (nSPS) is 14.8. The molecule has 20 nitrogen and oxygen atoms in total. The van der Waals surface area contributed by atoms with Crippen LogP contribution in [0.25, 0.3) is 33.2 Å². The number of hydrogen-bond acceptors (Lipinski definition) is 16. The van der Waals surface area contributed by atoms with Crippen LogP contribution in [0.4, 0.5) is 19.2 Å². The summed E-state index contributed by atoms with van der Waals surface area (Å²) in [6.07, 6.45) is 2.90. The molecule has 0 saturated heterocycles. The second-order valence-corrected chi connectivity index (χ2v) is 26.6. The lowest BCUT2D eigenvalue weighted by molar-refractivity contribution is 0.0494. The van der Waals surface area contributed by atoms with Gasteiger partial charge in [0.15, 0.2) is 0 Å². The average molecular weight is 1220 g/mol. The Morgan fingerprint density at radius 1 is 0.550 bits per heavy atom. The number of benzene rings is 2. The first-order chi connectivity index (χ1) is 36.7. The molecule has 4 heterocycles. The second-order valence-electron chi connectivity index (χ2n) is 25.6. The van der Waals surface area contributed by atoms with Gasteiger partial charge in [-0.2, -0.15) is 19.6 Å². The lowest BCUT2D eigenvalue weighted by Gasteiger charge is -2.30. The molecule has 22 heteroatoms. The van der Waals surface area contributed by atoms with Crippen LogP contribution < -0.4 is 5.59 Å². The molecule has 0 bridgehead atoms. The molecule has 0 unspecified atom stereocenters. The Balaban J connectivity index is 0.000000209. The van der Waals surface area contributed by atoms with Gasteiger partial charge in [0, 0.05) is 16.5 Å². The van der Waals surface area contributed by atoms with Crippen molar-refractivity contribution in [2.75, 3.05) is 14.2 Å². The molecule has 4 aromatic heterocycles. The molecule has 0 radical (unpaired) electrons. The van der Waals surface area contributed by atoms with Crippen molar-refractivity contribution < 1.29 is 67.2 Å². The molecule has 432 valence electrons. The summed E-state index contributed by atoms with van der Waals surface area (Å²) in [4.78, 5) is 75.4. The third-order valence-corrected chi connectivity index (χ3v) is 13.7. The number of halogens is 1. The fourth-order valence-electron chi connectivity index (χ4n) is 9.24. The Bertz CT molecular complexity index is 3370. The first kappa shape index (κ1) is 62.7. The largest absolute Gasteiger partial charge is 0.506 e. The summed E-state index contributed by atoms with van der Waals surface area (Å²) in [6, 6.07) is 12.9. The van der Waals surface area contributed by atoms with Crippen molar-refractivity contribution in [3.63, 3.8) is 0 Å². The van der Waals surface area contributed by atoms with Crippen LogP contribution in [-0.4, -0.2) is 119 Å². The lowest BCUT2D eigenvalue weighted by atomic mass is 9.76. The fraction of sp³-hybridized carbons (Fsp3) is 0.517. The molecule has 2 aliphatic rings. The minimum atomic E-state index is -1.86. The number of carbonyl (C=O) groups is 6. The van der Waals surface area contributed by atoms with Crippen LogP contribution in [0.15, 0.2) is 48.5 Å². The van der Waals surface area contributed by atoms with Gasteiger partial charge < -0.3 is 38.5 Å². The zero-order chi connectivity index (χ0) is 60.0. The number of carbonyl (C=O) groups excluding carboxylic acids is 6. The highest BCUT2D eigenvalue weighted by molar-refractivity contribution is 14.1. The van der Waals surface area contributed by atoms with Crippen molar-refractivity contribution in [1.29, 1.82) is 0 Å².